The van der Waals surface area contributed by atoms with Crippen LogP contribution in [0.1, 0.15) is 28.4 Å². The Kier molecular flexibility index (Phi) is 5.57. The topological polar surface area (TPSA) is 84.6 Å². The molecule has 1 amide bonds. The molecule has 24 heavy (non-hydrogen) atoms. The molecule has 122 valence electrons. The Morgan fingerprint density at radius 3 is 2.58 bits per heavy atom. The maximum absolute atomic E-state index is 12.0. The van der Waals surface area contributed by atoms with Crippen LogP contribution in [-0.2, 0) is 0 Å². The highest BCUT2D eigenvalue weighted by atomic mass is 16.6. The van der Waals surface area contributed by atoms with Crippen molar-refractivity contribution < 1.29 is 9.72 Å². The van der Waals surface area contributed by atoms with Crippen LogP contribution in [-0.4, -0.2) is 17.0 Å². The van der Waals surface area contributed by atoms with E-state index in [1.165, 1.54) is 24.4 Å². The number of hydrogen-bond donors (Lipinski definition) is 1. The maximum atomic E-state index is 12.0. The fourth-order valence-corrected chi connectivity index (χ4v) is 2.05. The number of hydrogen-bond acceptors (Lipinski definition) is 4. The lowest BCUT2D eigenvalue weighted by Gasteiger charge is -2.02. The molecular weight excluding hydrogens is 306 g/mol. The summed E-state index contributed by atoms with van der Waals surface area (Å²) in [5, 5.41) is 14.8. The van der Waals surface area contributed by atoms with Gasteiger partial charge in [-0.3, -0.25) is 14.9 Å². The van der Waals surface area contributed by atoms with Crippen molar-refractivity contribution in [2.75, 3.05) is 0 Å². The Morgan fingerprint density at radius 2 is 1.92 bits per heavy atom. The first-order valence-corrected chi connectivity index (χ1v) is 7.29. The van der Waals surface area contributed by atoms with Crippen LogP contribution >= 0.6 is 0 Å². The van der Waals surface area contributed by atoms with E-state index in [1.807, 2.05) is 43.3 Å². The maximum Gasteiger partial charge on any atom is 0.273 e. The zero-order chi connectivity index (χ0) is 17.5. The van der Waals surface area contributed by atoms with Gasteiger partial charge in [0.1, 0.15) is 0 Å². The van der Waals surface area contributed by atoms with Crippen molar-refractivity contribution in [3.05, 3.63) is 80.9 Å². The fraction of sp³-hybridized carbons (Fsp3) is 0.111. The second-order valence-electron chi connectivity index (χ2n) is 5.26. The summed E-state index contributed by atoms with van der Waals surface area (Å²) in [7, 11) is 0. The summed E-state index contributed by atoms with van der Waals surface area (Å²) in [6, 6.07) is 14.0. The Hall–Kier alpha value is -3.28. The summed E-state index contributed by atoms with van der Waals surface area (Å²) < 4.78 is 0. The third kappa shape index (κ3) is 4.61. The number of allylic oxidation sites excluding steroid dienone is 1. The molecule has 0 aliphatic rings. The Bertz CT molecular complexity index is 812. The first-order chi connectivity index (χ1) is 11.5. The molecule has 2 rings (SSSR count). The summed E-state index contributed by atoms with van der Waals surface area (Å²) in [5.74, 6) is -0.498. The van der Waals surface area contributed by atoms with Gasteiger partial charge in [0.2, 0.25) is 0 Å². The molecule has 0 radical (unpaired) electrons. The SMILES string of the molecule is CC(/C=N\NC(=O)c1ccc(C)c([N+](=O)[O-])c1)=C\c1ccccc1. The van der Waals surface area contributed by atoms with Gasteiger partial charge in [0.05, 0.1) is 11.1 Å². The van der Waals surface area contributed by atoms with E-state index in [4.69, 9.17) is 0 Å². The zero-order valence-electron chi connectivity index (χ0n) is 13.4. The number of rotatable bonds is 5. The highest BCUT2D eigenvalue weighted by Crippen LogP contribution is 2.19. The highest BCUT2D eigenvalue weighted by Gasteiger charge is 2.14. The second-order valence-corrected chi connectivity index (χ2v) is 5.26. The fourth-order valence-electron chi connectivity index (χ4n) is 2.05. The Labute approximate surface area is 139 Å². The average Bonchev–Trinajstić information content (AvgIpc) is 2.55. The lowest BCUT2D eigenvalue weighted by molar-refractivity contribution is -0.385. The van der Waals surface area contributed by atoms with Crippen molar-refractivity contribution >= 4 is 23.9 Å². The molecule has 0 fully saturated rings. The van der Waals surface area contributed by atoms with Crippen molar-refractivity contribution in [2.45, 2.75) is 13.8 Å². The standard InChI is InChI=1S/C18H17N3O3/c1-13(10-15-6-4-3-5-7-15)12-19-20-18(22)16-9-8-14(2)17(11-16)21(23)24/h3-12H,1-2H3,(H,20,22)/b13-10+,19-12-. The summed E-state index contributed by atoms with van der Waals surface area (Å²) >= 11 is 0. The molecule has 0 bridgehead atoms. The summed E-state index contributed by atoms with van der Waals surface area (Å²) in [6.07, 6.45) is 3.44. The quantitative estimate of drug-likeness (QED) is 0.517. The number of aryl methyl sites for hydroxylation is 1. The molecule has 1 N–H and O–H groups in total. The monoisotopic (exact) mass is 323 g/mol. The van der Waals surface area contributed by atoms with Gasteiger partial charge in [-0.2, -0.15) is 5.10 Å². The molecular formula is C18H17N3O3. The van der Waals surface area contributed by atoms with Crippen molar-refractivity contribution in [1.29, 1.82) is 0 Å². The van der Waals surface area contributed by atoms with E-state index in [9.17, 15) is 14.9 Å². The lowest BCUT2D eigenvalue weighted by Crippen LogP contribution is -2.17. The molecule has 0 heterocycles. The van der Waals surface area contributed by atoms with E-state index in [-0.39, 0.29) is 11.3 Å². The molecule has 2 aromatic carbocycles. The van der Waals surface area contributed by atoms with Crippen LogP contribution in [0.3, 0.4) is 0 Å². The van der Waals surface area contributed by atoms with E-state index >= 15 is 0 Å². The normalized spacial score (nSPS) is 11.5. The molecule has 0 unspecified atom stereocenters. The summed E-state index contributed by atoms with van der Waals surface area (Å²) in [6.45, 7) is 3.48. The minimum atomic E-state index is -0.512. The van der Waals surface area contributed by atoms with Gasteiger partial charge < -0.3 is 0 Å². The Balaban J connectivity index is 2.04. The average molecular weight is 323 g/mol. The van der Waals surface area contributed by atoms with Crippen molar-refractivity contribution in [2.24, 2.45) is 5.10 Å². The molecule has 0 spiro atoms. The van der Waals surface area contributed by atoms with Gasteiger partial charge >= 0.3 is 0 Å². The number of carbonyl (C=O) groups excluding carboxylic acids is 1. The highest BCUT2D eigenvalue weighted by molar-refractivity contribution is 5.95. The number of benzene rings is 2. The van der Waals surface area contributed by atoms with Crippen LogP contribution in [0.4, 0.5) is 5.69 Å². The van der Waals surface area contributed by atoms with Crippen LogP contribution in [0.25, 0.3) is 6.08 Å². The molecule has 0 saturated heterocycles. The number of hydrazone groups is 1. The van der Waals surface area contributed by atoms with E-state index in [1.54, 1.807) is 6.92 Å². The predicted molar refractivity (Wildman–Crippen MR) is 93.9 cm³/mol. The van der Waals surface area contributed by atoms with E-state index < -0.39 is 10.8 Å². The van der Waals surface area contributed by atoms with Gasteiger partial charge in [0, 0.05) is 17.2 Å². The van der Waals surface area contributed by atoms with Gasteiger partial charge in [0.15, 0.2) is 0 Å². The van der Waals surface area contributed by atoms with Crippen molar-refractivity contribution in [3.63, 3.8) is 0 Å². The van der Waals surface area contributed by atoms with Crippen LogP contribution in [0.5, 0.6) is 0 Å². The molecule has 0 aliphatic heterocycles. The smallest absolute Gasteiger partial charge is 0.267 e. The van der Waals surface area contributed by atoms with Gasteiger partial charge in [-0.15, -0.1) is 0 Å². The number of nitro benzene ring substituents is 1. The summed E-state index contributed by atoms with van der Waals surface area (Å²) in [4.78, 5) is 22.4. The van der Waals surface area contributed by atoms with Gasteiger partial charge in [-0.25, -0.2) is 5.43 Å². The number of nitrogens with one attached hydrogen (secondary N) is 1. The minimum Gasteiger partial charge on any atom is -0.267 e. The molecule has 0 aromatic heterocycles. The number of amides is 1. The van der Waals surface area contributed by atoms with Crippen LogP contribution in [0.2, 0.25) is 0 Å². The molecule has 0 saturated carbocycles. The minimum absolute atomic E-state index is 0.0909. The van der Waals surface area contributed by atoms with E-state index in [2.05, 4.69) is 10.5 Å². The van der Waals surface area contributed by atoms with Crippen molar-refractivity contribution in [3.8, 4) is 0 Å². The largest absolute Gasteiger partial charge is 0.273 e. The number of nitro groups is 1. The first-order valence-electron chi connectivity index (χ1n) is 7.29. The third-order valence-electron chi connectivity index (χ3n) is 3.30. The van der Waals surface area contributed by atoms with Crippen LogP contribution in [0.15, 0.2) is 59.2 Å². The third-order valence-corrected chi connectivity index (χ3v) is 3.30. The van der Waals surface area contributed by atoms with E-state index in [0.29, 0.717) is 5.56 Å². The van der Waals surface area contributed by atoms with Gasteiger partial charge in [0.25, 0.3) is 11.6 Å². The predicted octanol–water partition coefficient (Wildman–Crippen LogP) is 3.72. The van der Waals surface area contributed by atoms with Gasteiger partial charge in [-0.1, -0.05) is 42.5 Å². The first kappa shape index (κ1) is 17.1. The zero-order valence-corrected chi connectivity index (χ0v) is 13.4. The van der Waals surface area contributed by atoms with Crippen LogP contribution < -0.4 is 5.43 Å². The molecule has 2 aromatic rings. The lowest BCUT2D eigenvalue weighted by atomic mass is 10.1. The van der Waals surface area contributed by atoms with Crippen molar-refractivity contribution in [1.82, 2.24) is 5.43 Å². The number of nitrogens with zero attached hydrogens (tertiary/aromatic N) is 2. The van der Waals surface area contributed by atoms with Gasteiger partial charge in [-0.05, 0) is 31.1 Å². The molecule has 6 heteroatoms. The number of carbonyl (C=O) groups is 1. The molecule has 0 aliphatic carbocycles. The molecule has 0 atom stereocenters. The molecule has 6 nitrogen and oxygen atoms in total. The van der Waals surface area contributed by atoms with E-state index in [0.717, 1.165) is 11.1 Å². The summed E-state index contributed by atoms with van der Waals surface area (Å²) in [5.41, 5.74) is 4.86. The Morgan fingerprint density at radius 1 is 1.21 bits per heavy atom. The second kappa shape index (κ2) is 7.82. The van der Waals surface area contributed by atoms with Crippen LogP contribution in [0, 0.1) is 17.0 Å².